The predicted octanol–water partition coefficient (Wildman–Crippen LogP) is 22.0. The lowest BCUT2D eigenvalue weighted by Gasteiger charge is -2.18. The van der Waals surface area contributed by atoms with Crippen molar-refractivity contribution in [3.63, 3.8) is 0 Å². The van der Waals surface area contributed by atoms with Crippen LogP contribution in [0.5, 0.6) is 0 Å². The summed E-state index contributed by atoms with van der Waals surface area (Å²) in [4.78, 5) is 38.1. The highest BCUT2D eigenvalue weighted by molar-refractivity contribution is 5.71. The maximum atomic E-state index is 12.8. The number of unbranched alkanes of at least 4 members (excludes halogenated alkanes) is 31. The van der Waals surface area contributed by atoms with E-state index in [1.165, 1.54) is 173 Å². The van der Waals surface area contributed by atoms with Crippen molar-refractivity contribution in [1.29, 1.82) is 0 Å². The Morgan fingerprint density at radius 3 is 0.842 bits per heavy atom. The summed E-state index contributed by atoms with van der Waals surface area (Å²) >= 11 is 0. The van der Waals surface area contributed by atoms with Gasteiger partial charge in [-0.25, -0.2) is 0 Å². The van der Waals surface area contributed by atoms with Crippen molar-refractivity contribution in [1.82, 2.24) is 0 Å². The van der Waals surface area contributed by atoms with Crippen molar-refractivity contribution in [3.8, 4) is 0 Å². The lowest BCUT2D eigenvalue weighted by Crippen LogP contribution is -2.30. The molecule has 0 N–H and O–H groups in total. The molecule has 436 valence electrons. The fraction of sp³-hybridized carbons (Fsp3) is 0.729. The van der Waals surface area contributed by atoms with Gasteiger partial charge in [0, 0.05) is 19.3 Å². The SMILES string of the molecule is CC/C=C\C/C=C\C/C=C\C/C=C\C/C=C\CCCC(=O)OC(COC(=O)CCCCCCCCCCCC)COC(=O)CCCCCCCCCCCCCCCCCC/C=C\C/C=C\C/C=C\CCCCCCC. The molecule has 1 atom stereocenters. The largest absolute Gasteiger partial charge is 0.462 e. The van der Waals surface area contributed by atoms with Crippen LogP contribution in [0.15, 0.2) is 97.2 Å². The van der Waals surface area contributed by atoms with Crippen LogP contribution in [0.2, 0.25) is 0 Å². The summed E-state index contributed by atoms with van der Waals surface area (Å²) in [6.07, 6.45) is 85.8. The third-order valence-corrected chi connectivity index (χ3v) is 13.8. The van der Waals surface area contributed by atoms with E-state index in [1.54, 1.807) is 0 Å². The minimum absolute atomic E-state index is 0.0973. The van der Waals surface area contributed by atoms with Crippen LogP contribution in [0.4, 0.5) is 0 Å². The molecular formula is C70H120O6. The van der Waals surface area contributed by atoms with Crippen LogP contribution < -0.4 is 0 Å². The number of carbonyl (C=O) groups excluding carboxylic acids is 3. The van der Waals surface area contributed by atoms with Crippen LogP contribution in [-0.2, 0) is 28.6 Å². The summed E-state index contributed by atoms with van der Waals surface area (Å²) < 4.78 is 16.8. The first kappa shape index (κ1) is 72.3. The highest BCUT2D eigenvalue weighted by Crippen LogP contribution is 2.16. The summed E-state index contributed by atoms with van der Waals surface area (Å²) in [5, 5.41) is 0. The van der Waals surface area contributed by atoms with Gasteiger partial charge in [0.25, 0.3) is 0 Å². The molecule has 0 bridgehead atoms. The number of ether oxygens (including phenoxy) is 3. The van der Waals surface area contributed by atoms with Crippen molar-refractivity contribution in [2.45, 2.75) is 316 Å². The number of hydrogen-bond acceptors (Lipinski definition) is 6. The molecule has 0 amide bonds. The van der Waals surface area contributed by atoms with Crippen LogP contribution in [0.3, 0.4) is 0 Å². The molecule has 0 fully saturated rings. The molecular weight excluding hydrogens is 937 g/mol. The Labute approximate surface area is 470 Å². The van der Waals surface area contributed by atoms with E-state index >= 15 is 0 Å². The smallest absolute Gasteiger partial charge is 0.306 e. The van der Waals surface area contributed by atoms with Crippen LogP contribution in [-0.4, -0.2) is 37.2 Å². The molecule has 0 aromatic rings. The van der Waals surface area contributed by atoms with Crippen LogP contribution >= 0.6 is 0 Å². The summed E-state index contributed by atoms with van der Waals surface area (Å²) in [5.74, 6) is -0.950. The van der Waals surface area contributed by atoms with Crippen molar-refractivity contribution in [3.05, 3.63) is 97.2 Å². The second-order valence-electron chi connectivity index (χ2n) is 21.3. The fourth-order valence-corrected chi connectivity index (χ4v) is 9.02. The first-order chi connectivity index (χ1) is 37.5. The van der Waals surface area contributed by atoms with Gasteiger partial charge in [-0.15, -0.1) is 0 Å². The van der Waals surface area contributed by atoms with Gasteiger partial charge in [-0.2, -0.15) is 0 Å². The van der Waals surface area contributed by atoms with Gasteiger partial charge in [0.1, 0.15) is 13.2 Å². The van der Waals surface area contributed by atoms with Crippen molar-refractivity contribution < 1.29 is 28.6 Å². The van der Waals surface area contributed by atoms with E-state index in [0.717, 1.165) is 89.9 Å². The highest BCUT2D eigenvalue weighted by Gasteiger charge is 2.19. The van der Waals surface area contributed by atoms with Crippen LogP contribution in [0, 0.1) is 0 Å². The average molecular weight is 1060 g/mol. The third kappa shape index (κ3) is 61.2. The molecule has 6 heteroatoms. The zero-order valence-electron chi connectivity index (χ0n) is 50.0. The van der Waals surface area contributed by atoms with Crippen LogP contribution in [0.25, 0.3) is 0 Å². The van der Waals surface area contributed by atoms with E-state index in [1.807, 2.05) is 0 Å². The number of carbonyl (C=O) groups is 3. The lowest BCUT2D eigenvalue weighted by atomic mass is 10.0. The number of hydrogen-bond donors (Lipinski definition) is 0. The second kappa shape index (κ2) is 63.9. The van der Waals surface area contributed by atoms with Gasteiger partial charge in [0.15, 0.2) is 6.10 Å². The summed E-state index contributed by atoms with van der Waals surface area (Å²) in [6.45, 7) is 6.47. The van der Waals surface area contributed by atoms with Gasteiger partial charge in [-0.05, 0) is 96.3 Å². The minimum atomic E-state index is -0.805. The van der Waals surface area contributed by atoms with E-state index in [2.05, 4.69) is 118 Å². The zero-order valence-corrected chi connectivity index (χ0v) is 50.0. The zero-order chi connectivity index (χ0) is 55.0. The van der Waals surface area contributed by atoms with Gasteiger partial charge in [0.05, 0.1) is 0 Å². The Hall–Kier alpha value is -3.67. The molecule has 0 aliphatic rings. The van der Waals surface area contributed by atoms with Gasteiger partial charge < -0.3 is 14.2 Å². The maximum absolute atomic E-state index is 12.8. The molecule has 0 aromatic carbocycles. The number of rotatable bonds is 58. The number of esters is 3. The fourth-order valence-electron chi connectivity index (χ4n) is 9.02. The van der Waals surface area contributed by atoms with Gasteiger partial charge in [-0.1, -0.05) is 291 Å². The Morgan fingerprint density at radius 1 is 0.276 bits per heavy atom. The average Bonchev–Trinajstić information content (AvgIpc) is 3.42. The third-order valence-electron chi connectivity index (χ3n) is 13.8. The molecule has 0 aromatic heterocycles. The molecule has 76 heavy (non-hydrogen) atoms. The van der Waals surface area contributed by atoms with E-state index < -0.39 is 6.10 Å². The van der Waals surface area contributed by atoms with Gasteiger partial charge >= 0.3 is 17.9 Å². The Kier molecular flexibility index (Phi) is 60.8. The van der Waals surface area contributed by atoms with E-state index in [4.69, 9.17) is 14.2 Å². The molecule has 6 nitrogen and oxygen atoms in total. The predicted molar refractivity (Wildman–Crippen MR) is 330 cm³/mol. The molecule has 0 aliphatic carbocycles. The number of allylic oxidation sites excluding steroid dienone is 16. The van der Waals surface area contributed by atoms with Crippen molar-refractivity contribution in [2.75, 3.05) is 13.2 Å². The first-order valence-corrected chi connectivity index (χ1v) is 32.2. The molecule has 0 aliphatic heterocycles. The molecule has 0 heterocycles. The second-order valence-corrected chi connectivity index (χ2v) is 21.3. The Balaban J connectivity index is 4.19. The summed E-state index contributed by atoms with van der Waals surface area (Å²) in [6, 6.07) is 0. The molecule has 0 rings (SSSR count). The quantitative estimate of drug-likeness (QED) is 0.0261. The topological polar surface area (TPSA) is 78.9 Å². The monoisotopic (exact) mass is 1060 g/mol. The highest BCUT2D eigenvalue weighted by atomic mass is 16.6. The maximum Gasteiger partial charge on any atom is 0.306 e. The van der Waals surface area contributed by atoms with E-state index in [9.17, 15) is 14.4 Å². The van der Waals surface area contributed by atoms with Crippen molar-refractivity contribution >= 4 is 17.9 Å². The lowest BCUT2D eigenvalue weighted by molar-refractivity contribution is -0.167. The molecule has 0 saturated carbocycles. The van der Waals surface area contributed by atoms with E-state index in [0.29, 0.717) is 19.3 Å². The van der Waals surface area contributed by atoms with Gasteiger partial charge in [-0.3, -0.25) is 14.4 Å². The minimum Gasteiger partial charge on any atom is -0.462 e. The summed E-state index contributed by atoms with van der Waals surface area (Å²) in [5.41, 5.74) is 0. The molecule has 0 radical (unpaired) electrons. The first-order valence-electron chi connectivity index (χ1n) is 32.2. The summed E-state index contributed by atoms with van der Waals surface area (Å²) in [7, 11) is 0. The van der Waals surface area contributed by atoms with Gasteiger partial charge in [0.2, 0.25) is 0 Å². The molecule has 1 unspecified atom stereocenters. The Bertz CT molecular complexity index is 1490. The molecule has 0 saturated heterocycles. The van der Waals surface area contributed by atoms with Crippen LogP contribution in [0.1, 0.15) is 310 Å². The standard InChI is InChI=1S/C70H120O6/c1-4-7-10-13-16-19-22-24-26-28-29-30-31-32-33-34-35-36-37-38-39-40-41-43-44-46-48-51-54-57-60-63-69(72)75-66-67(65-74-68(71)62-59-56-53-50-21-18-15-12-9-6-3)76-70(73)64-61-58-55-52-49-47-45-42-27-25-23-20-17-14-11-8-5-2/h8,11,17,20,22,24-25,27-29,31-32,45,47,52,55,67H,4-7,9-10,12-16,18-19,21,23,26,30,33-44,46,48-51,53-54,56-66H2,1-3H3/b11-8-,20-17-,24-22-,27-25-,29-28-,32-31-,47-45-,55-52-. The van der Waals surface area contributed by atoms with Crippen molar-refractivity contribution in [2.24, 2.45) is 0 Å². The normalized spacial score (nSPS) is 12.7. The molecule has 0 spiro atoms. The Morgan fingerprint density at radius 2 is 0.526 bits per heavy atom. The van der Waals surface area contributed by atoms with E-state index in [-0.39, 0.29) is 37.5 Å².